The van der Waals surface area contributed by atoms with Gasteiger partial charge in [0.05, 0.1) is 12.8 Å². The summed E-state index contributed by atoms with van der Waals surface area (Å²) in [6.07, 6.45) is 1.46. The Bertz CT molecular complexity index is 550. The van der Waals surface area contributed by atoms with Crippen LogP contribution < -0.4 is 15.8 Å². The van der Waals surface area contributed by atoms with Crippen molar-refractivity contribution in [2.45, 2.75) is 6.92 Å². The van der Waals surface area contributed by atoms with E-state index in [2.05, 4.69) is 5.32 Å². The van der Waals surface area contributed by atoms with E-state index < -0.39 is 0 Å². The number of aryl methyl sites for hydroxylation is 1. The second-order valence-electron chi connectivity index (χ2n) is 4.10. The molecule has 0 radical (unpaired) electrons. The molecule has 5 nitrogen and oxygen atoms in total. The van der Waals surface area contributed by atoms with Crippen LogP contribution in [0.4, 0.5) is 5.69 Å². The number of nitrogen functional groups attached to an aromatic ring is 1. The molecule has 1 amide bonds. The number of anilines is 1. The normalized spacial score (nSPS) is 10.2. The minimum Gasteiger partial charge on any atom is -0.492 e. The van der Waals surface area contributed by atoms with Crippen LogP contribution in [-0.2, 0) is 0 Å². The molecule has 5 heteroatoms. The maximum absolute atomic E-state index is 11.5. The zero-order valence-electron chi connectivity index (χ0n) is 10.7. The highest BCUT2D eigenvalue weighted by molar-refractivity contribution is 5.91. The highest BCUT2D eigenvalue weighted by Gasteiger charge is 2.06. The summed E-state index contributed by atoms with van der Waals surface area (Å²) in [7, 11) is 0. The van der Waals surface area contributed by atoms with E-state index in [0.29, 0.717) is 18.9 Å². The van der Waals surface area contributed by atoms with Gasteiger partial charge in [0.1, 0.15) is 12.4 Å². The molecule has 0 saturated carbocycles. The Labute approximate surface area is 111 Å². The Morgan fingerprint density at radius 3 is 2.95 bits per heavy atom. The van der Waals surface area contributed by atoms with Gasteiger partial charge in [-0.2, -0.15) is 0 Å². The van der Waals surface area contributed by atoms with Crippen LogP contribution in [0.5, 0.6) is 5.75 Å². The van der Waals surface area contributed by atoms with Gasteiger partial charge in [-0.3, -0.25) is 4.79 Å². The number of carbonyl (C=O) groups is 1. The van der Waals surface area contributed by atoms with Crippen LogP contribution in [0.3, 0.4) is 0 Å². The average Bonchev–Trinajstić information content (AvgIpc) is 2.92. The van der Waals surface area contributed by atoms with Crippen LogP contribution in [0.25, 0.3) is 0 Å². The van der Waals surface area contributed by atoms with E-state index >= 15 is 0 Å². The molecule has 2 rings (SSSR count). The van der Waals surface area contributed by atoms with Crippen molar-refractivity contribution in [3.8, 4) is 5.75 Å². The number of nitrogens with two attached hydrogens (primary N) is 1. The van der Waals surface area contributed by atoms with Crippen molar-refractivity contribution < 1.29 is 13.9 Å². The molecule has 100 valence electrons. The fourth-order valence-corrected chi connectivity index (χ4v) is 1.57. The number of rotatable bonds is 5. The summed E-state index contributed by atoms with van der Waals surface area (Å²) >= 11 is 0. The van der Waals surface area contributed by atoms with E-state index in [9.17, 15) is 4.79 Å². The fraction of sp³-hybridized carbons (Fsp3) is 0.214. The van der Waals surface area contributed by atoms with Gasteiger partial charge in [0, 0.05) is 5.69 Å². The monoisotopic (exact) mass is 260 g/mol. The molecule has 3 N–H and O–H groups in total. The third-order valence-electron chi connectivity index (χ3n) is 2.64. The van der Waals surface area contributed by atoms with Crippen LogP contribution in [-0.4, -0.2) is 19.1 Å². The lowest BCUT2D eigenvalue weighted by molar-refractivity contribution is 0.0919. The van der Waals surface area contributed by atoms with E-state index in [1.165, 1.54) is 6.26 Å². The number of amides is 1. The fourth-order valence-electron chi connectivity index (χ4n) is 1.57. The number of hydrogen-bond acceptors (Lipinski definition) is 4. The standard InChI is InChI=1S/C14H16N2O3/c1-10-9-11(4-5-12(10)15)18-8-6-16-14(17)13-3-2-7-19-13/h2-5,7,9H,6,8,15H2,1H3,(H,16,17). The second-order valence-corrected chi connectivity index (χ2v) is 4.10. The van der Waals surface area contributed by atoms with Gasteiger partial charge in [-0.25, -0.2) is 0 Å². The second kappa shape index (κ2) is 5.95. The Morgan fingerprint density at radius 1 is 1.42 bits per heavy atom. The molecule has 19 heavy (non-hydrogen) atoms. The smallest absolute Gasteiger partial charge is 0.287 e. The number of benzene rings is 1. The maximum atomic E-state index is 11.5. The SMILES string of the molecule is Cc1cc(OCCNC(=O)c2ccco2)ccc1N. The minimum absolute atomic E-state index is 0.248. The van der Waals surface area contributed by atoms with Gasteiger partial charge < -0.3 is 20.2 Å². The molecule has 1 aromatic heterocycles. The van der Waals surface area contributed by atoms with E-state index in [1.54, 1.807) is 24.3 Å². The number of nitrogens with one attached hydrogen (secondary N) is 1. The first kappa shape index (κ1) is 13.0. The summed E-state index contributed by atoms with van der Waals surface area (Å²) in [6, 6.07) is 8.74. The summed E-state index contributed by atoms with van der Waals surface area (Å²) < 4.78 is 10.5. The Balaban J connectivity index is 1.75. The third kappa shape index (κ3) is 3.51. The number of furan rings is 1. The van der Waals surface area contributed by atoms with Crippen molar-refractivity contribution in [3.05, 3.63) is 47.9 Å². The van der Waals surface area contributed by atoms with Crippen molar-refractivity contribution in [1.29, 1.82) is 0 Å². The number of hydrogen-bond donors (Lipinski definition) is 2. The zero-order chi connectivity index (χ0) is 13.7. The highest BCUT2D eigenvalue weighted by atomic mass is 16.5. The van der Waals surface area contributed by atoms with E-state index in [0.717, 1.165) is 17.0 Å². The first-order valence-electron chi connectivity index (χ1n) is 5.97. The van der Waals surface area contributed by atoms with Gasteiger partial charge in [-0.1, -0.05) is 0 Å². The topological polar surface area (TPSA) is 77.5 Å². The molecular formula is C14H16N2O3. The lowest BCUT2D eigenvalue weighted by atomic mass is 10.2. The molecule has 0 aliphatic rings. The highest BCUT2D eigenvalue weighted by Crippen LogP contribution is 2.18. The predicted octanol–water partition coefficient (Wildman–Crippen LogP) is 1.98. The van der Waals surface area contributed by atoms with Gasteiger partial charge >= 0.3 is 0 Å². The first-order chi connectivity index (χ1) is 9.16. The Morgan fingerprint density at radius 2 is 2.26 bits per heavy atom. The minimum atomic E-state index is -0.248. The molecule has 0 unspecified atom stereocenters. The molecule has 1 aromatic carbocycles. The average molecular weight is 260 g/mol. The molecule has 0 spiro atoms. The zero-order valence-corrected chi connectivity index (χ0v) is 10.7. The summed E-state index contributed by atoms with van der Waals surface area (Å²) in [5.74, 6) is 0.782. The van der Waals surface area contributed by atoms with Gasteiger partial charge in [-0.05, 0) is 42.8 Å². The lowest BCUT2D eigenvalue weighted by Gasteiger charge is -2.08. The van der Waals surface area contributed by atoms with Gasteiger partial charge in [-0.15, -0.1) is 0 Å². The molecule has 0 saturated heterocycles. The first-order valence-corrected chi connectivity index (χ1v) is 5.97. The Hall–Kier alpha value is -2.43. The van der Waals surface area contributed by atoms with Gasteiger partial charge in [0.2, 0.25) is 0 Å². The van der Waals surface area contributed by atoms with Gasteiger partial charge in [0.15, 0.2) is 5.76 Å². The number of ether oxygens (including phenoxy) is 1. The molecule has 0 bridgehead atoms. The van der Waals surface area contributed by atoms with Crippen molar-refractivity contribution in [2.24, 2.45) is 0 Å². The number of carbonyl (C=O) groups excluding carboxylic acids is 1. The summed E-state index contributed by atoms with van der Waals surface area (Å²) in [5, 5.41) is 2.70. The molecule has 2 aromatic rings. The molecule has 0 aliphatic carbocycles. The molecular weight excluding hydrogens is 244 g/mol. The summed E-state index contributed by atoms with van der Waals surface area (Å²) in [4.78, 5) is 11.5. The molecule has 1 heterocycles. The molecule has 0 fully saturated rings. The third-order valence-corrected chi connectivity index (χ3v) is 2.64. The van der Waals surface area contributed by atoms with E-state index in [-0.39, 0.29) is 5.91 Å². The van der Waals surface area contributed by atoms with Crippen molar-refractivity contribution in [1.82, 2.24) is 5.32 Å². The van der Waals surface area contributed by atoms with Crippen LogP contribution in [0.2, 0.25) is 0 Å². The maximum Gasteiger partial charge on any atom is 0.287 e. The van der Waals surface area contributed by atoms with Crippen molar-refractivity contribution in [3.63, 3.8) is 0 Å². The Kier molecular flexibility index (Phi) is 4.07. The van der Waals surface area contributed by atoms with E-state index in [1.807, 2.05) is 13.0 Å². The summed E-state index contributed by atoms with van der Waals surface area (Å²) in [6.45, 7) is 2.71. The van der Waals surface area contributed by atoms with Crippen molar-refractivity contribution in [2.75, 3.05) is 18.9 Å². The van der Waals surface area contributed by atoms with Gasteiger partial charge in [0.25, 0.3) is 5.91 Å². The van der Waals surface area contributed by atoms with Crippen molar-refractivity contribution >= 4 is 11.6 Å². The summed E-state index contributed by atoms with van der Waals surface area (Å²) in [5.41, 5.74) is 7.42. The lowest BCUT2D eigenvalue weighted by Crippen LogP contribution is -2.27. The van der Waals surface area contributed by atoms with Crippen LogP contribution >= 0.6 is 0 Å². The van der Waals surface area contributed by atoms with Crippen LogP contribution in [0.1, 0.15) is 16.1 Å². The quantitative estimate of drug-likeness (QED) is 0.636. The largest absolute Gasteiger partial charge is 0.492 e. The van der Waals surface area contributed by atoms with E-state index in [4.69, 9.17) is 14.9 Å². The molecule has 0 aliphatic heterocycles. The van der Waals surface area contributed by atoms with Crippen LogP contribution in [0.15, 0.2) is 41.0 Å². The molecule has 0 atom stereocenters. The van der Waals surface area contributed by atoms with Crippen LogP contribution in [0, 0.1) is 6.92 Å². The predicted molar refractivity (Wildman–Crippen MR) is 72.1 cm³/mol.